The van der Waals surface area contributed by atoms with E-state index in [1.807, 2.05) is 0 Å². The van der Waals surface area contributed by atoms with Crippen molar-refractivity contribution in [2.75, 3.05) is 85.8 Å². The number of hydrogen-bond acceptors (Lipinski definition) is 12. The molecule has 1 aliphatic heterocycles. The third-order valence-electron chi connectivity index (χ3n) is 7.39. The number of ether oxygens (including phenoxy) is 2. The van der Waals surface area contributed by atoms with Gasteiger partial charge in [0, 0.05) is 66.0 Å². The van der Waals surface area contributed by atoms with Gasteiger partial charge in [-0.25, -0.2) is 8.78 Å². The summed E-state index contributed by atoms with van der Waals surface area (Å²) in [6.07, 6.45) is -4.02. The first-order valence-electron chi connectivity index (χ1n) is 14.3. The standard InChI is InChI=1S/C28H40F4N4O10/c1-45-17-22(26(43)44)36-12-8-33(15-23(37)38)6-10-35(11-7-34(9-13-36)16-24(39)40)21(25(41)42)14-19-2-4-20(5-3-19)46-18-28(31,32)27(29)30/h2-5,21-22,27H,6-18H2,1H3,(H,37,38)(H,39,40)(H,41,42)(H,43,44)/p-2. The summed E-state index contributed by atoms with van der Waals surface area (Å²) in [4.78, 5) is 53.4. The Hall–Kier alpha value is -3.58. The van der Waals surface area contributed by atoms with Crippen molar-refractivity contribution >= 4 is 23.9 Å². The molecule has 1 aromatic carbocycles. The van der Waals surface area contributed by atoms with Crippen LogP contribution in [0.15, 0.2) is 24.3 Å². The van der Waals surface area contributed by atoms with Gasteiger partial charge in [0.05, 0.1) is 31.1 Å². The average molecular weight is 667 g/mol. The first kappa shape index (κ1) is 38.6. The number of rotatable bonds is 16. The lowest BCUT2D eigenvalue weighted by Crippen LogP contribution is -2.56. The van der Waals surface area contributed by atoms with Crippen molar-refractivity contribution in [2.45, 2.75) is 30.9 Å². The molecule has 14 nitrogen and oxygen atoms in total. The number of nitrogens with zero attached hydrogens (tertiary/aromatic N) is 4. The zero-order chi connectivity index (χ0) is 34.4. The number of carbonyl (C=O) groups excluding carboxylic acids is 2. The SMILES string of the molecule is COCC(C(=O)[O-])N1CCN(CC(=O)[O-])CCN(C(Cc2ccc(OCC(F)(F)C(F)F)cc2)C(=O)O)CCN(CC(=O)O)CC1. The zero-order valence-electron chi connectivity index (χ0n) is 25.2. The second kappa shape index (κ2) is 18.5. The molecule has 0 radical (unpaired) electrons. The number of benzene rings is 1. The summed E-state index contributed by atoms with van der Waals surface area (Å²) in [6, 6.07) is 2.85. The molecule has 1 saturated heterocycles. The molecule has 0 amide bonds. The predicted molar refractivity (Wildman–Crippen MR) is 147 cm³/mol. The van der Waals surface area contributed by atoms with Gasteiger partial charge in [-0.1, -0.05) is 12.1 Å². The van der Waals surface area contributed by atoms with Gasteiger partial charge in [0.25, 0.3) is 0 Å². The number of halogens is 4. The Morgan fingerprint density at radius 3 is 1.76 bits per heavy atom. The van der Waals surface area contributed by atoms with E-state index >= 15 is 0 Å². The molecule has 1 heterocycles. The van der Waals surface area contributed by atoms with Gasteiger partial charge in [0.15, 0.2) is 6.61 Å². The molecular weight excluding hydrogens is 628 g/mol. The molecule has 0 bridgehead atoms. The fourth-order valence-electron chi connectivity index (χ4n) is 4.88. The topological polar surface area (TPSA) is 186 Å². The van der Waals surface area contributed by atoms with E-state index in [1.54, 1.807) is 4.90 Å². The third kappa shape index (κ3) is 13.0. The van der Waals surface area contributed by atoms with Crippen molar-refractivity contribution in [2.24, 2.45) is 0 Å². The smallest absolute Gasteiger partial charge is 0.340 e. The maximum Gasteiger partial charge on any atom is 0.340 e. The van der Waals surface area contributed by atoms with Crippen LogP contribution < -0.4 is 14.9 Å². The number of methoxy groups -OCH3 is 1. The highest BCUT2D eigenvalue weighted by Gasteiger charge is 2.41. The maximum absolute atomic E-state index is 13.2. The molecule has 0 aliphatic carbocycles. The number of carboxylic acids is 4. The van der Waals surface area contributed by atoms with E-state index in [1.165, 1.54) is 46.1 Å². The second-order valence-corrected chi connectivity index (χ2v) is 10.7. The molecule has 18 heteroatoms. The van der Waals surface area contributed by atoms with Crippen LogP contribution in [0, 0.1) is 0 Å². The number of hydrogen-bond donors (Lipinski definition) is 2. The Labute approximate surface area is 262 Å². The van der Waals surface area contributed by atoms with Crippen LogP contribution in [-0.2, 0) is 30.3 Å². The van der Waals surface area contributed by atoms with Crippen molar-refractivity contribution in [3.63, 3.8) is 0 Å². The lowest BCUT2D eigenvalue weighted by molar-refractivity contribution is -0.313. The van der Waals surface area contributed by atoms with E-state index < -0.39 is 68.0 Å². The average Bonchev–Trinajstić information content (AvgIpc) is 2.96. The fourth-order valence-corrected chi connectivity index (χ4v) is 4.88. The molecule has 1 fully saturated rings. The highest BCUT2D eigenvalue weighted by Crippen LogP contribution is 2.25. The Morgan fingerprint density at radius 1 is 0.848 bits per heavy atom. The maximum atomic E-state index is 13.2. The lowest BCUT2D eigenvalue weighted by Gasteiger charge is -2.38. The summed E-state index contributed by atoms with van der Waals surface area (Å²) >= 11 is 0. The third-order valence-corrected chi connectivity index (χ3v) is 7.39. The molecule has 2 rings (SSSR count). The molecule has 0 spiro atoms. The Morgan fingerprint density at radius 2 is 1.35 bits per heavy atom. The minimum Gasteiger partial charge on any atom is -0.549 e. The van der Waals surface area contributed by atoms with Crippen LogP contribution in [0.4, 0.5) is 17.6 Å². The van der Waals surface area contributed by atoms with E-state index in [0.29, 0.717) is 5.56 Å². The quantitative estimate of drug-likeness (QED) is 0.181. The van der Waals surface area contributed by atoms with Gasteiger partial charge in [-0.15, -0.1) is 0 Å². The van der Waals surface area contributed by atoms with Gasteiger partial charge in [0.1, 0.15) is 11.8 Å². The second-order valence-electron chi connectivity index (χ2n) is 10.7. The highest BCUT2D eigenvalue weighted by molar-refractivity contribution is 5.74. The van der Waals surface area contributed by atoms with Gasteiger partial charge in [0.2, 0.25) is 0 Å². The molecule has 260 valence electrons. The summed E-state index contributed by atoms with van der Waals surface area (Å²) in [5, 5.41) is 43.0. The summed E-state index contributed by atoms with van der Waals surface area (Å²) in [5.41, 5.74) is 0.433. The van der Waals surface area contributed by atoms with Crippen LogP contribution in [-0.4, -0.2) is 164 Å². The predicted octanol–water partition coefficient (Wildman–Crippen LogP) is -2.22. The Bertz CT molecular complexity index is 1120. The molecule has 2 N–H and O–H groups in total. The largest absolute Gasteiger partial charge is 0.549 e. The molecule has 0 saturated carbocycles. The van der Waals surface area contributed by atoms with Crippen LogP contribution in [0.25, 0.3) is 0 Å². The van der Waals surface area contributed by atoms with Gasteiger partial charge >= 0.3 is 24.3 Å². The lowest BCUT2D eigenvalue weighted by atomic mass is 10.0. The number of alkyl halides is 4. The van der Waals surface area contributed by atoms with Crippen molar-refractivity contribution in [3.05, 3.63) is 29.8 Å². The van der Waals surface area contributed by atoms with Crippen LogP contribution in [0.1, 0.15) is 5.56 Å². The minimum atomic E-state index is -4.36. The molecule has 46 heavy (non-hydrogen) atoms. The minimum absolute atomic E-state index is 0.0110. The van der Waals surface area contributed by atoms with E-state index in [0.717, 1.165) is 0 Å². The first-order valence-corrected chi connectivity index (χ1v) is 14.3. The molecule has 1 aliphatic rings. The van der Waals surface area contributed by atoms with Crippen LogP contribution in [0.2, 0.25) is 0 Å². The van der Waals surface area contributed by atoms with Crippen molar-refractivity contribution in [3.8, 4) is 5.75 Å². The van der Waals surface area contributed by atoms with Gasteiger partial charge in [-0.2, -0.15) is 8.78 Å². The normalized spacial score (nSPS) is 18.3. The van der Waals surface area contributed by atoms with Crippen molar-refractivity contribution < 1.29 is 66.6 Å². The molecule has 2 atom stereocenters. The summed E-state index contributed by atoms with van der Waals surface area (Å²) in [7, 11) is 1.30. The van der Waals surface area contributed by atoms with Gasteiger partial charge < -0.3 is 39.5 Å². The highest BCUT2D eigenvalue weighted by atomic mass is 19.3. The fraction of sp³-hybridized carbons (Fsp3) is 0.643. The van der Waals surface area contributed by atoms with E-state index in [4.69, 9.17) is 9.47 Å². The molecule has 0 aromatic heterocycles. The summed E-state index contributed by atoms with van der Waals surface area (Å²) < 4.78 is 61.0. The Balaban J connectivity index is 2.30. The van der Waals surface area contributed by atoms with Crippen molar-refractivity contribution in [1.29, 1.82) is 0 Å². The van der Waals surface area contributed by atoms with Crippen LogP contribution >= 0.6 is 0 Å². The van der Waals surface area contributed by atoms with Gasteiger partial charge in [-0.3, -0.25) is 29.2 Å². The number of carbonyl (C=O) groups is 4. The zero-order valence-corrected chi connectivity index (χ0v) is 25.2. The first-order chi connectivity index (χ1) is 21.6. The molecular formula is C28H38F4N4O10-2. The van der Waals surface area contributed by atoms with Crippen LogP contribution in [0.3, 0.4) is 0 Å². The van der Waals surface area contributed by atoms with Crippen LogP contribution in [0.5, 0.6) is 5.75 Å². The molecule has 2 unspecified atom stereocenters. The van der Waals surface area contributed by atoms with Crippen molar-refractivity contribution in [1.82, 2.24) is 19.6 Å². The number of carboxylic acid groups (broad SMARTS) is 4. The molecule has 1 aromatic rings. The van der Waals surface area contributed by atoms with E-state index in [2.05, 4.69) is 0 Å². The van der Waals surface area contributed by atoms with E-state index in [-0.39, 0.29) is 71.1 Å². The Kier molecular flexibility index (Phi) is 15.6. The van der Waals surface area contributed by atoms with E-state index in [9.17, 15) is 57.2 Å². The van der Waals surface area contributed by atoms with Gasteiger partial charge in [-0.05, 0) is 24.1 Å². The number of aliphatic carboxylic acids is 4. The summed E-state index contributed by atoms with van der Waals surface area (Å²) in [6.45, 7) is -2.44. The monoisotopic (exact) mass is 666 g/mol. The summed E-state index contributed by atoms with van der Waals surface area (Å²) in [5.74, 6) is -9.74.